The lowest BCUT2D eigenvalue weighted by atomic mass is 10.2. The quantitative estimate of drug-likeness (QED) is 0.659. The summed E-state index contributed by atoms with van der Waals surface area (Å²) in [6.45, 7) is 1.83. The van der Waals surface area contributed by atoms with Crippen LogP contribution in [0.25, 0.3) is 0 Å². The molecule has 0 aromatic heterocycles. The highest BCUT2D eigenvalue weighted by Gasteiger charge is 2.27. The van der Waals surface area contributed by atoms with Crippen molar-refractivity contribution in [1.29, 1.82) is 0 Å². The van der Waals surface area contributed by atoms with E-state index in [0.717, 1.165) is 5.56 Å². The smallest absolute Gasteiger partial charge is 0.441 e. The molecule has 0 radical (unpaired) electrons. The Balaban J connectivity index is 2.35. The summed E-state index contributed by atoms with van der Waals surface area (Å²) in [5, 5.41) is 0. The molecule has 2 N–H and O–H groups in total. The van der Waals surface area contributed by atoms with E-state index in [0.29, 0.717) is 11.4 Å². The SMILES string of the molecule is Cc1cc(OCCSC(F)(F)F)ccc1N. The van der Waals surface area contributed by atoms with Crippen LogP contribution in [-0.4, -0.2) is 17.9 Å². The van der Waals surface area contributed by atoms with Gasteiger partial charge in [-0.2, -0.15) is 13.2 Å². The monoisotopic (exact) mass is 251 g/mol. The van der Waals surface area contributed by atoms with Crippen molar-refractivity contribution >= 4 is 17.4 Å². The average molecular weight is 251 g/mol. The number of thioether (sulfide) groups is 1. The van der Waals surface area contributed by atoms with Crippen molar-refractivity contribution in [2.45, 2.75) is 12.4 Å². The molecule has 0 amide bonds. The zero-order valence-corrected chi connectivity index (χ0v) is 9.49. The van der Waals surface area contributed by atoms with Crippen molar-refractivity contribution in [1.82, 2.24) is 0 Å². The molecule has 0 fully saturated rings. The van der Waals surface area contributed by atoms with E-state index in [1.54, 1.807) is 18.2 Å². The minimum absolute atomic E-state index is 0.0214. The third-order valence-electron chi connectivity index (χ3n) is 1.86. The number of ether oxygens (including phenoxy) is 1. The summed E-state index contributed by atoms with van der Waals surface area (Å²) >= 11 is -0.0895. The lowest BCUT2D eigenvalue weighted by Crippen LogP contribution is -2.07. The van der Waals surface area contributed by atoms with Gasteiger partial charge in [-0.15, -0.1) is 0 Å². The number of alkyl halides is 3. The summed E-state index contributed by atoms with van der Waals surface area (Å²) in [5.74, 6) is 0.418. The zero-order chi connectivity index (χ0) is 12.2. The Morgan fingerprint density at radius 3 is 2.62 bits per heavy atom. The zero-order valence-electron chi connectivity index (χ0n) is 8.67. The van der Waals surface area contributed by atoms with Crippen LogP contribution in [0.2, 0.25) is 0 Å². The Hall–Kier alpha value is -1.04. The Kier molecular flexibility index (Phi) is 4.35. The molecule has 0 saturated heterocycles. The maximum atomic E-state index is 11.8. The van der Waals surface area contributed by atoms with E-state index in [1.165, 1.54) is 0 Å². The van der Waals surface area contributed by atoms with Crippen LogP contribution in [0.5, 0.6) is 5.75 Å². The third-order valence-corrected chi connectivity index (χ3v) is 2.56. The van der Waals surface area contributed by atoms with Gasteiger partial charge in [-0.05, 0) is 42.4 Å². The number of nitrogen functional groups attached to an aromatic ring is 1. The molecule has 0 aliphatic heterocycles. The fourth-order valence-electron chi connectivity index (χ4n) is 1.05. The number of nitrogens with two attached hydrogens (primary N) is 1. The highest BCUT2D eigenvalue weighted by atomic mass is 32.2. The Labute approximate surface area is 96.0 Å². The van der Waals surface area contributed by atoms with Crippen LogP contribution in [0.4, 0.5) is 18.9 Å². The van der Waals surface area contributed by atoms with Crippen molar-refractivity contribution in [3.05, 3.63) is 23.8 Å². The molecule has 0 spiro atoms. The van der Waals surface area contributed by atoms with Gasteiger partial charge in [0.2, 0.25) is 0 Å². The summed E-state index contributed by atoms with van der Waals surface area (Å²) in [5.41, 5.74) is 2.88. The number of benzene rings is 1. The van der Waals surface area contributed by atoms with Crippen LogP contribution < -0.4 is 10.5 Å². The van der Waals surface area contributed by atoms with Crippen molar-refractivity contribution in [3.8, 4) is 5.75 Å². The van der Waals surface area contributed by atoms with Gasteiger partial charge in [-0.25, -0.2) is 0 Å². The molecule has 0 unspecified atom stereocenters. The van der Waals surface area contributed by atoms with Gasteiger partial charge in [0.15, 0.2) is 0 Å². The molecule has 0 aliphatic carbocycles. The summed E-state index contributed by atoms with van der Waals surface area (Å²) in [6.07, 6.45) is 0. The summed E-state index contributed by atoms with van der Waals surface area (Å²) < 4.78 is 40.5. The lowest BCUT2D eigenvalue weighted by Gasteiger charge is -2.09. The normalized spacial score (nSPS) is 11.5. The van der Waals surface area contributed by atoms with Crippen molar-refractivity contribution in [2.75, 3.05) is 18.1 Å². The number of anilines is 1. The van der Waals surface area contributed by atoms with Gasteiger partial charge in [0.05, 0.1) is 6.61 Å². The van der Waals surface area contributed by atoms with Crippen LogP contribution in [0.3, 0.4) is 0 Å². The predicted octanol–water partition coefficient (Wildman–Crippen LogP) is 3.21. The van der Waals surface area contributed by atoms with E-state index in [1.807, 2.05) is 6.92 Å². The summed E-state index contributed by atoms with van der Waals surface area (Å²) in [7, 11) is 0. The van der Waals surface area contributed by atoms with E-state index >= 15 is 0 Å². The van der Waals surface area contributed by atoms with E-state index in [-0.39, 0.29) is 24.1 Å². The molecule has 1 rings (SSSR count). The highest BCUT2D eigenvalue weighted by molar-refractivity contribution is 8.00. The second-order valence-corrected chi connectivity index (χ2v) is 4.32. The minimum Gasteiger partial charge on any atom is -0.493 e. The number of halogens is 3. The molecule has 6 heteroatoms. The van der Waals surface area contributed by atoms with Crippen LogP contribution in [0.15, 0.2) is 18.2 Å². The molecule has 2 nitrogen and oxygen atoms in total. The van der Waals surface area contributed by atoms with Gasteiger partial charge in [0.25, 0.3) is 0 Å². The first kappa shape index (κ1) is 13.0. The fourth-order valence-corrected chi connectivity index (χ4v) is 1.45. The van der Waals surface area contributed by atoms with E-state index in [2.05, 4.69) is 0 Å². The van der Waals surface area contributed by atoms with Crippen LogP contribution in [0, 0.1) is 6.92 Å². The average Bonchev–Trinajstić information content (AvgIpc) is 2.17. The second kappa shape index (κ2) is 5.34. The van der Waals surface area contributed by atoms with Crippen LogP contribution in [0.1, 0.15) is 5.56 Å². The first-order valence-corrected chi connectivity index (χ1v) is 5.56. The molecular formula is C10H12F3NOS. The molecule has 0 bridgehead atoms. The van der Waals surface area contributed by atoms with E-state index < -0.39 is 5.51 Å². The van der Waals surface area contributed by atoms with Gasteiger partial charge in [-0.3, -0.25) is 0 Å². The Morgan fingerprint density at radius 1 is 1.38 bits per heavy atom. The van der Waals surface area contributed by atoms with Gasteiger partial charge < -0.3 is 10.5 Å². The first-order valence-electron chi connectivity index (χ1n) is 4.58. The largest absolute Gasteiger partial charge is 0.493 e. The molecule has 1 aromatic carbocycles. The number of aryl methyl sites for hydroxylation is 1. The first-order chi connectivity index (χ1) is 7.38. The fraction of sp³-hybridized carbons (Fsp3) is 0.400. The van der Waals surface area contributed by atoms with Crippen LogP contribution in [-0.2, 0) is 0 Å². The molecule has 0 aliphatic rings. The van der Waals surface area contributed by atoms with Gasteiger partial charge in [0, 0.05) is 11.4 Å². The third kappa shape index (κ3) is 4.65. The second-order valence-electron chi connectivity index (χ2n) is 3.16. The predicted molar refractivity (Wildman–Crippen MR) is 59.6 cm³/mol. The topological polar surface area (TPSA) is 35.2 Å². The highest BCUT2D eigenvalue weighted by Crippen LogP contribution is 2.29. The maximum absolute atomic E-state index is 11.8. The molecule has 16 heavy (non-hydrogen) atoms. The van der Waals surface area contributed by atoms with E-state index in [4.69, 9.17) is 10.5 Å². The van der Waals surface area contributed by atoms with Gasteiger partial charge in [0.1, 0.15) is 5.75 Å². The minimum atomic E-state index is -4.19. The van der Waals surface area contributed by atoms with Crippen LogP contribution >= 0.6 is 11.8 Å². The molecule has 1 aromatic rings. The van der Waals surface area contributed by atoms with Crippen molar-refractivity contribution < 1.29 is 17.9 Å². The summed E-state index contributed by atoms with van der Waals surface area (Å²) in [4.78, 5) is 0. The molecule has 0 heterocycles. The Morgan fingerprint density at radius 2 is 2.06 bits per heavy atom. The summed E-state index contributed by atoms with van der Waals surface area (Å²) in [6, 6.07) is 5.01. The number of hydrogen-bond donors (Lipinski definition) is 1. The van der Waals surface area contributed by atoms with Crippen molar-refractivity contribution in [2.24, 2.45) is 0 Å². The molecule has 0 saturated carbocycles. The molecule has 0 atom stereocenters. The van der Waals surface area contributed by atoms with Crippen molar-refractivity contribution in [3.63, 3.8) is 0 Å². The van der Waals surface area contributed by atoms with Gasteiger partial charge in [-0.1, -0.05) is 0 Å². The molecule has 90 valence electrons. The Bertz CT molecular complexity index is 354. The number of rotatable bonds is 4. The van der Waals surface area contributed by atoms with E-state index in [9.17, 15) is 13.2 Å². The maximum Gasteiger partial charge on any atom is 0.441 e. The lowest BCUT2D eigenvalue weighted by molar-refractivity contribution is -0.0329. The molecular weight excluding hydrogens is 239 g/mol. The number of hydrogen-bond acceptors (Lipinski definition) is 3. The van der Waals surface area contributed by atoms with Gasteiger partial charge >= 0.3 is 5.51 Å². The standard InChI is InChI=1S/C10H12F3NOS/c1-7-6-8(2-3-9(7)14)15-4-5-16-10(11,12)13/h2-3,6H,4-5,14H2,1H3.